The van der Waals surface area contributed by atoms with Crippen LogP contribution in [-0.4, -0.2) is 60.6 Å². The second kappa shape index (κ2) is 15.3. The summed E-state index contributed by atoms with van der Waals surface area (Å²) >= 11 is 0. The maximum Gasteiger partial charge on any atom is 0.408 e. The minimum atomic E-state index is -1.00. The molecule has 0 heterocycles. The third-order valence-corrected chi connectivity index (χ3v) is 6.19. The summed E-state index contributed by atoms with van der Waals surface area (Å²) in [5.41, 5.74) is 1.78. The number of carbonyl (C=O) groups is 4. The number of methoxy groups -OCH3 is 1. The Morgan fingerprint density at radius 1 is 1.00 bits per heavy atom. The predicted molar refractivity (Wildman–Crippen MR) is 148 cm³/mol. The molecule has 9 heteroatoms. The molecule has 0 aromatic heterocycles. The van der Waals surface area contributed by atoms with Crippen LogP contribution in [0, 0.1) is 19.8 Å². The fraction of sp³-hybridized carbons (Fsp3) is 0.655. The maximum atomic E-state index is 14.2. The Morgan fingerprint density at radius 2 is 1.61 bits per heavy atom. The molecule has 0 saturated carbocycles. The highest BCUT2D eigenvalue weighted by Gasteiger charge is 2.38. The minimum Gasteiger partial charge on any atom is -0.468 e. The van der Waals surface area contributed by atoms with Crippen LogP contribution >= 0.6 is 0 Å². The monoisotopic (exact) mass is 533 g/mol. The minimum absolute atomic E-state index is 0.221. The molecule has 0 saturated heterocycles. The van der Waals surface area contributed by atoms with Gasteiger partial charge >= 0.3 is 12.1 Å². The van der Waals surface area contributed by atoms with Gasteiger partial charge in [0, 0.05) is 6.54 Å². The van der Waals surface area contributed by atoms with Crippen LogP contribution in [0.3, 0.4) is 0 Å². The van der Waals surface area contributed by atoms with E-state index in [9.17, 15) is 19.2 Å². The zero-order valence-electron chi connectivity index (χ0n) is 24.6. The number of alkyl carbamates (subject to hydrolysis) is 1. The number of carbonyl (C=O) groups excluding carboxylic acids is 4. The van der Waals surface area contributed by atoms with E-state index >= 15 is 0 Å². The molecule has 2 N–H and O–H groups in total. The molecule has 0 bridgehead atoms. The van der Waals surface area contributed by atoms with Crippen LogP contribution in [0.15, 0.2) is 18.2 Å². The van der Waals surface area contributed by atoms with Gasteiger partial charge in [0.2, 0.25) is 11.8 Å². The number of benzene rings is 1. The van der Waals surface area contributed by atoms with Crippen LogP contribution < -0.4 is 10.6 Å². The summed E-state index contributed by atoms with van der Waals surface area (Å²) in [6, 6.07) is 3.82. The third-order valence-electron chi connectivity index (χ3n) is 6.19. The lowest BCUT2D eigenvalue weighted by Crippen LogP contribution is -2.55. The quantitative estimate of drug-likeness (QED) is 0.283. The number of esters is 1. The van der Waals surface area contributed by atoms with E-state index in [0.29, 0.717) is 24.9 Å². The molecule has 3 atom stereocenters. The van der Waals surface area contributed by atoms with Gasteiger partial charge in [0.15, 0.2) is 0 Å². The molecule has 0 aliphatic carbocycles. The number of unbranched alkanes of at least 4 members (excludes halogenated alkanes) is 2. The number of nitrogens with zero attached hydrogens (tertiary/aromatic N) is 1. The summed E-state index contributed by atoms with van der Waals surface area (Å²) < 4.78 is 10.1. The number of aryl methyl sites for hydroxylation is 2. The van der Waals surface area contributed by atoms with Crippen molar-refractivity contribution in [2.24, 2.45) is 5.92 Å². The maximum absolute atomic E-state index is 14.2. The topological polar surface area (TPSA) is 114 Å². The molecule has 0 spiro atoms. The summed E-state index contributed by atoms with van der Waals surface area (Å²) in [5, 5.41) is 5.40. The van der Waals surface area contributed by atoms with Gasteiger partial charge in [-0.3, -0.25) is 14.4 Å². The molecule has 0 fully saturated rings. The van der Waals surface area contributed by atoms with E-state index in [0.717, 1.165) is 24.0 Å². The molecule has 9 nitrogen and oxygen atoms in total. The molecule has 3 unspecified atom stereocenters. The molecule has 0 aliphatic heterocycles. The number of nitrogens with one attached hydrogen (secondary N) is 2. The lowest BCUT2D eigenvalue weighted by Gasteiger charge is -2.36. The lowest BCUT2D eigenvalue weighted by molar-refractivity contribution is -0.145. The van der Waals surface area contributed by atoms with Gasteiger partial charge in [-0.1, -0.05) is 69.4 Å². The van der Waals surface area contributed by atoms with Crippen LogP contribution in [0.5, 0.6) is 0 Å². The number of hydrogen-bond donors (Lipinski definition) is 2. The highest BCUT2D eigenvalue weighted by molar-refractivity contribution is 5.93. The van der Waals surface area contributed by atoms with E-state index in [1.165, 1.54) is 12.0 Å². The second-order valence-corrected chi connectivity index (χ2v) is 10.9. The first kappa shape index (κ1) is 32.9. The average molecular weight is 534 g/mol. The summed E-state index contributed by atoms with van der Waals surface area (Å²) in [7, 11) is 1.25. The molecular formula is C29H47N3O6. The van der Waals surface area contributed by atoms with Crippen LogP contribution in [0.1, 0.15) is 90.0 Å². The summed E-state index contributed by atoms with van der Waals surface area (Å²) in [5.74, 6) is -1.68. The Hall–Kier alpha value is -3.10. The number of ether oxygens (including phenoxy) is 2. The van der Waals surface area contributed by atoms with Crippen molar-refractivity contribution in [2.75, 3.05) is 20.2 Å². The normalized spacial score (nSPS) is 13.6. The van der Waals surface area contributed by atoms with Crippen molar-refractivity contribution in [3.05, 3.63) is 34.9 Å². The molecular weight excluding hydrogens is 486 g/mol. The highest BCUT2D eigenvalue weighted by Crippen LogP contribution is 2.27. The Labute approximate surface area is 228 Å². The SMILES string of the molecule is CCCCCN(C(=O)C(NC(=O)OC(C)(C)C)C(C)CC)C(C(=O)NCC(=O)OC)c1cc(C)cc(C)c1. The van der Waals surface area contributed by atoms with E-state index in [-0.39, 0.29) is 18.4 Å². The molecule has 38 heavy (non-hydrogen) atoms. The zero-order valence-corrected chi connectivity index (χ0v) is 24.6. The first-order chi connectivity index (χ1) is 17.7. The van der Waals surface area contributed by atoms with Gasteiger partial charge in [0.1, 0.15) is 24.2 Å². The summed E-state index contributed by atoms with van der Waals surface area (Å²) in [6.07, 6.45) is 2.39. The van der Waals surface area contributed by atoms with E-state index in [1.807, 2.05) is 45.9 Å². The number of amides is 3. The van der Waals surface area contributed by atoms with Gasteiger partial charge in [0.05, 0.1) is 7.11 Å². The molecule has 1 aromatic rings. The standard InChI is InChI=1S/C29H47N3O6/c1-10-12-13-14-32(27(35)24(21(5)11-2)31-28(36)38-29(6,7)8)25(26(34)30-18-23(33)37-9)22-16-19(3)15-20(4)17-22/h15-17,21,24-25H,10-14,18H2,1-9H3,(H,30,34)(H,31,36). The van der Waals surface area contributed by atoms with Crippen LogP contribution in [-0.2, 0) is 23.9 Å². The molecule has 1 aromatic carbocycles. The van der Waals surface area contributed by atoms with E-state index < -0.39 is 35.7 Å². The van der Waals surface area contributed by atoms with Gasteiger partial charge < -0.3 is 25.0 Å². The van der Waals surface area contributed by atoms with E-state index in [2.05, 4.69) is 22.3 Å². The van der Waals surface area contributed by atoms with Gasteiger partial charge in [-0.2, -0.15) is 0 Å². The molecule has 0 aliphatic rings. The van der Waals surface area contributed by atoms with Crippen molar-refractivity contribution >= 4 is 23.9 Å². The van der Waals surface area contributed by atoms with Gasteiger partial charge in [-0.25, -0.2) is 4.79 Å². The van der Waals surface area contributed by atoms with E-state index in [1.54, 1.807) is 20.8 Å². The van der Waals surface area contributed by atoms with Crippen molar-refractivity contribution in [3.8, 4) is 0 Å². The Morgan fingerprint density at radius 3 is 2.11 bits per heavy atom. The van der Waals surface area contributed by atoms with Crippen LogP contribution in [0.4, 0.5) is 4.79 Å². The first-order valence-corrected chi connectivity index (χ1v) is 13.5. The lowest BCUT2D eigenvalue weighted by atomic mass is 9.94. The van der Waals surface area contributed by atoms with Gasteiger partial charge in [-0.05, 0) is 52.5 Å². The van der Waals surface area contributed by atoms with Gasteiger partial charge in [-0.15, -0.1) is 0 Å². The Kier molecular flexibility index (Phi) is 13.3. The van der Waals surface area contributed by atoms with Crippen LogP contribution in [0.2, 0.25) is 0 Å². The first-order valence-electron chi connectivity index (χ1n) is 13.5. The third kappa shape index (κ3) is 10.7. The number of hydrogen-bond acceptors (Lipinski definition) is 6. The van der Waals surface area contributed by atoms with Crippen LogP contribution in [0.25, 0.3) is 0 Å². The van der Waals surface area contributed by atoms with Crippen molar-refractivity contribution in [1.29, 1.82) is 0 Å². The Bertz CT molecular complexity index is 936. The highest BCUT2D eigenvalue weighted by atomic mass is 16.6. The smallest absolute Gasteiger partial charge is 0.408 e. The fourth-order valence-electron chi connectivity index (χ4n) is 4.16. The fourth-order valence-corrected chi connectivity index (χ4v) is 4.16. The molecule has 0 radical (unpaired) electrons. The summed E-state index contributed by atoms with van der Waals surface area (Å²) in [4.78, 5) is 53.9. The van der Waals surface area contributed by atoms with Crippen molar-refractivity contribution in [3.63, 3.8) is 0 Å². The van der Waals surface area contributed by atoms with E-state index in [4.69, 9.17) is 4.74 Å². The molecule has 3 amide bonds. The van der Waals surface area contributed by atoms with Crippen molar-refractivity contribution < 1.29 is 28.7 Å². The molecule has 214 valence electrons. The molecule has 1 rings (SSSR count). The Balaban J connectivity index is 3.58. The van der Waals surface area contributed by atoms with Crippen molar-refractivity contribution in [2.45, 2.75) is 98.8 Å². The van der Waals surface area contributed by atoms with Gasteiger partial charge in [0.25, 0.3) is 0 Å². The summed E-state index contributed by atoms with van der Waals surface area (Å²) in [6.45, 7) is 15.0. The predicted octanol–water partition coefficient (Wildman–Crippen LogP) is 4.59. The van der Waals surface area contributed by atoms with Crippen molar-refractivity contribution in [1.82, 2.24) is 15.5 Å². The zero-order chi connectivity index (χ0) is 29.0. The average Bonchev–Trinajstić information content (AvgIpc) is 2.82. The second-order valence-electron chi connectivity index (χ2n) is 10.9. The number of rotatable bonds is 13. The largest absolute Gasteiger partial charge is 0.468 e.